The second-order valence-electron chi connectivity index (χ2n) is 8.16. The number of Topliss-reactive ketones (excluding diaryl/α,β-unsaturated/α-hetero) is 1. The number of carbonyl (C=O) groups is 2. The topological polar surface area (TPSA) is 72.0 Å². The van der Waals surface area contributed by atoms with Crippen LogP contribution in [0.1, 0.15) is 28.9 Å². The molecule has 0 radical (unpaired) electrons. The van der Waals surface area contributed by atoms with Crippen LogP contribution in [0.25, 0.3) is 0 Å². The number of carbonyl (C=O) groups excluding carboxylic acids is 2. The van der Waals surface area contributed by atoms with Gasteiger partial charge in [0.15, 0.2) is 5.78 Å². The first-order valence-corrected chi connectivity index (χ1v) is 13.0. The Morgan fingerprint density at radius 1 is 1.11 bits per heavy atom. The van der Waals surface area contributed by atoms with Crippen molar-refractivity contribution in [1.29, 1.82) is 0 Å². The normalized spacial score (nSPS) is 20.0. The van der Waals surface area contributed by atoms with Gasteiger partial charge < -0.3 is 5.32 Å². The van der Waals surface area contributed by atoms with Crippen LogP contribution in [0, 0.1) is 5.95 Å². The van der Waals surface area contributed by atoms with E-state index in [4.69, 9.17) is 16.6 Å². The van der Waals surface area contributed by atoms with Gasteiger partial charge in [0.25, 0.3) is 0 Å². The van der Waals surface area contributed by atoms with Gasteiger partial charge in [0.05, 0.1) is 10.7 Å². The average Bonchev–Trinajstić information content (AvgIpc) is 3.40. The van der Waals surface area contributed by atoms with Crippen LogP contribution in [0.5, 0.6) is 0 Å². The van der Waals surface area contributed by atoms with E-state index in [9.17, 15) is 14.0 Å². The summed E-state index contributed by atoms with van der Waals surface area (Å²) >= 11 is 8.91. The standard InChI is InChI=1S/C26H19ClFN3O2S2/c27-19-5-1-2-6-21(19)35-24-20(32)13-26(31-25(24)33,17-10-11-34-15-17)22-7-3-4-18(30-22)12-16-8-9-23(28)29-14-16/h1-11,14-15,24H,12-13H2,(H,31,33). The molecular formula is C26H19ClFN3O2S2. The van der Waals surface area contributed by atoms with Gasteiger partial charge in [0.1, 0.15) is 10.8 Å². The van der Waals surface area contributed by atoms with Crippen molar-refractivity contribution in [3.8, 4) is 0 Å². The van der Waals surface area contributed by atoms with E-state index in [0.717, 1.165) is 28.6 Å². The molecule has 0 saturated carbocycles. The zero-order valence-electron chi connectivity index (χ0n) is 18.3. The number of nitrogens with one attached hydrogen (secondary N) is 1. The van der Waals surface area contributed by atoms with E-state index in [1.54, 1.807) is 24.3 Å². The molecule has 5 nitrogen and oxygen atoms in total. The number of halogens is 2. The highest BCUT2D eigenvalue weighted by atomic mass is 35.5. The van der Waals surface area contributed by atoms with Crippen molar-refractivity contribution in [3.05, 3.63) is 111 Å². The highest BCUT2D eigenvalue weighted by Gasteiger charge is 2.48. The summed E-state index contributed by atoms with van der Waals surface area (Å²) in [6, 6.07) is 17.5. The van der Waals surface area contributed by atoms with Gasteiger partial charge in [-0.1, -0.05) is 35.9 Å². The molecule has 1 aliphatic rings. The minimum atomic E-state index is -1.08. The molecule has 1 aromatic carbocycles. The van der Waals surface area contributed by atoms with Crippen molar-refractivity contribution in [2.45, 2.75) is 28.5 Å². The Morgan fingerprint density at radius 2 is 1.97 bits per heavy atom. The third-order valence-electron chi connectivity index (χ3n) is 5.82. The van der Waals surface area contributed by atoms with E-state index in [1.807, 2.05) is 41.1 Å². The SMILES string of the molecule is O=C1CC(c2ccsc2)(c2cccc(Cc3ccc(F)nc3)n2)NC(=O)C1Sc1ccccc1Cl. The lowest BCUT2D eigenvalue weighted by molar-refractivity contribution is -0.133. The van der Waals surface area contributed by atoms with Gasteiger partial charge in [0, 0.05) is 29.6 Å². The minimum absolute atomic E-state index is 0.0617. The predicted molar refractivity (Wildman–Crippen MR) is 135 cm³/mol. The molecule has 2 unspecified atom stereocenters. The number of hydrogen-bond donors (Lipinski definition) is 1. The molecule has 0 spiro atoms. The molecule has 4 heterocycles. The van der Waals surface area contributed by atoms with E-state index in [-0.39, 0.29) is 18.1 Å². The highest BCUT2D eigenvalue weighted by molar-refractivity contribution is 8.01. The average molecular weight is 524 g/mol. The molecule has 1 saturated heterocycles. The Labute approximate surface area is 214 Å². The summed E-state index contributed by atoms with van der Waals surface area (Å²) < 4.78 is 13.2. The number of benzene rings is 1. The number of ketones is 1. The number of thiophene rings is 1. The number of hydrogen-bond acceptors (Lipinski definition) is 6. The third kappa shape index (κ3) is 4.87. The van der Waals surface area contributed by atoms with Crippen molar-refractivity contribution in [2.75, 3.05) is 0 Å². The summed E-state index contributed by atoms with van der Waals surface area (Å²) in [5.74, 6) is -1.12. The van der Waals surface area contributed by atoms with Crippen molar-refractivity contribution >= 4 is 46.4 Å². The molecule has 1 N–H and O–H groups in total. The molecule has 4 aromatic rings. The molecule has 2 atom stereocenters. The zero-order valence-corrected chi connectivity index (χ0v) is 20.7. The first-order chi connectivity index (χ1) is 16.9. The van der Waals surface area contributed by atoms with Gasteiger partial charge in [-0.05, 0) is 58.3 Å². The number of nitrogens with zero attached hydrogens (tertiary/aromatic N) is 2. The van der Waals surface area contributed by atoms with Gasteiger partial charge in [-0.25, -0.2) is 4.98 Å². The summed E-state index contributed by atoms with van der Waals surface area (Å²) in [6.07, 6.45) is 1.97. The van der Waals surface area contributed by atoms with Crippen molar-refractivity contribution in [3.63, 3.8) is 0 Å². The van der Waals surface area contributed by atoms with Gasteiger partial charge >= 0.3 is 0 Å². The van der Waals surface area contributed by atoms with Crippen LogP contribution >= 0.6 is 34.7 Å². The zero-order chi connectivity index (χ0) is 24.4. The van der Waals surface area contributed by atoms with E-state index < -0.39 is 16.7 Å². The van der Waals surface area contributed by atoms with E-state index >= 15 is 0 Å². The number of amides is 1. The summed E-state index contributed by atoms with van der Waals surface area (Å²) in [5.41, 5.74) is 1.83. The summed E-state index contributed by atoms with van der Waals surface area (Å²) in [7, 11) is 0. The lowest BCUT2D eigenvalue weighted by Gasteiger charge is -2.39. The van der Waals surface area contributed by atoms with Gasteiger partial charge in [-0.15, -0.1) is 11.8 Å². The molecule has 1 fully saturated rings. The number of pyridine rings is 2. The number of aromatic nitrogens is 2. The second-order valence-corrected chi connectivity index (χ2v) is 10.5. The molecule has 9 heteroatoms. The van der Waals surface area contributed by atoms with Crippen LogP contribution in [0.15, 0.2) is 82.5 Å². The van der Waals surface area contributed by atoms with E-state index in [2.05, 4.69) is 10.3 Å². The van der Waals surface area contributed by atoms with E-state index in [0.29, 0.717) is 22.0 Å². The molecule has 1 amide bonds. The van der Waals surface area contributed by atoms with Crippen LogP contribution in [0.2, 0.25) is 5.02 Å². The van der Waals surface area contributed by atoms with Gasteiger partial charge in [-0.2, -0.15) is 15.7 Å². The Bertz CT molecular complexity index is 1360. The molecule has 3 aromatic heterocycles. The lowest BCUT2D eigenvalue weighted by atomic mass is 9.79. The monoisotopic (exact) mass is 523 g/mol. The molecule has 5 rings (SSSR count). The largest absolute Gasteiger partial charge is 0.339 e. The Balaban J connectivity index is 1.48. The fourth-order valence-corrected chi connectivity index (χ4v) is 6.10. The third-order valence-corrected chi connectivity index (χ3v) is 8.27. The van der Waals surface area contributed by atoms with E-state index in [1.165, 1.54) is 23.6 Å². The summed E-state index contributed by atoms with van der Waals surface area (Å²) in [4.78, 5) is 36.0. The number of rotatable bonds is 6. The molecule has 0 bridgehead atoms. The molecule has 35 heavy (non-hydrogen) atoms. The summed E-state index contributed by atoms with van der Waals surface area (Å²) in [6.45, 7) is 0. The van der Waals surface area contributed by atoms with Crippen molar-refractivity contribution in [2.24, 2.45) is 0 Å². The van der Waals surface area contributed by atoms with Crippen LogP contribution < -0.4 is 5.32 Å². The lowest BCUT2D eigenvalue weighted by Crippen LogP contribution is -2.58. The minimum Gasteiger partial charge on any atom is -0.339 e. The quantitative estimate of drug-likeness (QED) is 0.270. The molecule has 0 aliphatic carbocycles. The Kier molecular flexibility index (Phi) is 6.69. The first-order valence-electron chi connectivity index (χ1n) is 10.8. The maximum absolute atomic E-state index is 13.4. The Hall–Kier alpha value is -3.07. The molecular weight excluding hydrogens is 505 g/mol. The fourth-order valence-electron chi connectivity index (χ4n) is 4.13. The number of thioether (sulfide) groups is 1. The smallest absolute Gasteiger partial charge is 0.242 e. The Morgan fingerprint density at radius 3 is 2.69 bits per heavy atom. The summed E-state index contributed by atoms with van der Waals surface area (Å²) in [5, 5.41) is 6.55. The second kappa shape index (κ2) is 9.89. The predicted octanol–water partition coefficient (Wildman–Crippen LogP) is 5.41. The van der Waals surface area contributed by atoms with Gasteiger partial charge in [0.2, 0.25) is 11.9 Å². The number of piperidine rings is 1. The first kappa shape index (κ1) is 23.7. The van der Waals surface area contributed by atoms with Crippen molar-refractivity contribution < 1.29 is 14.0 Å². The van der Waals surface area contributed by atoms with Crippen molar-refractivity contribution in [1.82, 2.24) is 15.3 Å². The van der Waals surface area contributed by atoms with Gasteiger partial charge in [-0.3, -0.25) is 14.6 Å². The van der Waals surface area contributed by atoms with Crippen LogP contribution in [-0.4, -0.2) is 26.9 Å². The molecule has 1 aliphatic heterocycles. The fraction of sp³-hybridized carbons (Fsp3) is 0.154. The van der Waals surface area contributed by atoms with Crippen LogP contribution in [-0.2, 0) is 21.5 Å². The van der Waals surface area contributed by atoms with Crippen LogP contribution in [0.4, 0.5) is 4.39 Å². The maximum atomic E-state index is 13.4. The maximum Gasteiger partial charge on any atom is 0.242 e. The molecule has 176 valence electrons. The van der Waals surface area contributed by atoms with Crippen LogP contribution in [0.3, 0.4) is 0 Å². The highest BCUT2D eigenvalue weighted by Crippen LogP contribution is 2.41.